The van der Waals surface area contributed by atoms with E-state index in [9.17, 15) is 0 Å². The first kappa shape index (κ1) is 11.2. The summed E-state index contributed by atoms with van der Waals surface area (Å²) in [5.74, 6) is 0.972. The van der Waals surface area contributed by atoms with E-state index in [2.05, 4.69) is 14.9 Å². The van der Waals surface area contributed by atoms with Crippen LogP contribution < -0.4 is 10.6 Å². The summed E-state index contributed by atoms with van der Waals surface area (Å²) >= 11 is 0. The number of benzene rings is 1. The van der Waals surface area contributed by atoms with Crippen molar-refractivity contribution in [3.05, 3.63) is 24.5 Å². The van der Waals surface area contributed by atoms with Gasteiger partial charge in [0.15, 0.2) is 0 Å². The summed E-state index contributed by atoms with van der Waals surface area (Å²) in [6.07, 6.45) is 2.93. The van der Waals surface area contributed by atoms with E-state index in [4.69, 9.17) is 10.5 Å². The molecule has 1 unspecified atom stereocenters. The lowest BCUT2D eigenvalue weighted by atomic mass is 10.2. The Morgan fingerprint density at radius 2 is 2.28 bits per heavy atom. The van der Waals surface area contributed by atoms with Crippen molar-refractivity contribution in [3.8, 4) is 0 Å². The number of methoxy groups -OCH3 is 1. The van der Waals surface area contributed by atoms with Gasteiger partial charge in [0.25, 0.3) is 0 Å². The number of nitrogen functional groups attached to an aromatic ring is 1. The molecule has 5 nitrogen and oxygen atoms in total. The lowest BCUT2D eigenvalue weighted by Gasteiger charge is -2.18. The van der Waals surface area contributed by atoms with Crippen LogP contribution in [0.4, 0.5) is 11.5 Å². The fourth-order valence-corrected chi connectivity index (χ4v) is 2.42. The number of ether oxygens (including phenoxy) is 1. The zero-order valence-electron chi connectivity index (χ0n) is 10.3. The molecule has 1 aromatic carbocycles. The van der Waals surface area contributed by atoms with Gasteiger partial charge < -0.3 is 15.4 Å². The highest BCUT2D eigenvalue weighted by molar-refractivity contribution is 5.91. The fourth-order valence-electron chi connectivity index (χ4n) is 2.42. The molecule has 0 radical (unpaired) electrons. The van der Waals surface area contributed by atoms with E-state index in [0.29, 0.717) is 6.10 Å². The highest BCUT2D eigenvalue weighted by Crippen LogP contribution is 2.27. The first-order valence-corrected chi connectivity index (χ1v) is 6.06. The third kappa shape index (κ3) is 1.86. The zero-order chi connectivity index (χ0) is 12.5. The van der Waals surface area contributed by atoms with Gasteiger partial charge in [-0.1, -0.05) is 0 Å². The SMILES string of the molecule is COC1CCN(c2ncnc3cc(N)ccc23)C1. The summed E-state index contributed by atoms with van der Waals surface area (Å²) in [4.78, 5) is 10.9. The zero-order valence-corrected chi connectivity index (χ0v) is 10.3. The maximum absolute atomic E-state index is 5.78. The van der Waals surface area contributed by atoms with E-state index in [1.54, 1.807) is 13.4 Å². The maximum Gasteiger partial charge on any atom is 0.139 e. The Bertz CT molecular complexity index is 572. The van der Waals surface area contributed by atoms with Gasteiger partial charge in [0, 0.05) is 31.3 Å². The van der Waals surface area contributed by atoms with Crippen LogP contribution in [-0.2, 0) is 4.74 Å². The molecule has 94 valence electrons. The highest BCUT2D eigenvalue weighted by atomic mass is 16.5. The molecule has 1 aromatic heterocycles. The van der Waals surface area contributed by atoms with Gasteiger partial charge in [-0.2, -0.15) is 0 Å². The quantitative estimate of drug-likeness (QED) is 0.810. The van der Waals surface area contributed by atoms with Crippen LogP contribution in [0.25, 0.3) is 10.9 Å². The first-order chi connectivity index (χ1) is 8.78. The van der Waals surface area contributed by atoms with Crippen molar-refractivity contribution in [2.24, 2.45) is 0 Å². The average Bonchev–Trinajstić information content (AvgIpc) is 2.86. The smallest absolute Gasteiger partial charge is 0.139 e. The average molecular weight is 244 g/mol. The van der Waals surface area contributed by atoms with Gasteiger partial charge in [-0.3, -0.25) is 0 Å². The minimum atomic E-state index is 0.295. The number of hydrogen-bond donors (Lipinski definition) is 1. The van der Waals surface area contributed by atoms with Crippen molar-refractivity contribution >= 4 is 22.4 Å². The molecule has 0 amide bonds. The number of rotatable bonds is 2. The fraction of sp³-hybridized carbons (Fsp3) is 0.385. The van der Waals surface area contributed by atoms with Gasteiger partial charge >= 0.3 is 0 Å². The minimum Gasteiger partial charge on any atom is -0.399 e. The molecule has 2 aromatic rings. The second kappa shape index (κ2) is 4.42. The molecule has 5 heteroatoms. The number of aromatic nitrogens is 2. The van der Waals surface area contributed by atoms with E-state index in [1.807, 2.05) is 18.2 Å². The molecule has 3 rings (SSSR count). The summed E-state index contributed by atoms with van der Waals surface area (Å²) in [6.45, 7) is 1.85. The summed E-state index contributed by atoms with van der Waals surface area (Å²) in [5.41, 5.74) is 7.39. The first-order valence-electron chi connectivity index (χ1n) is 6.06. The lowest BCUT2D eigenvalue weighted by molar-refractivity contribution is 0.121. The van der Waals surface area contributed by atoms with E-state index in [1.165, 1.54) is 0 Å². The Balaban J connectivity index is 2.02. The largest absolute Gasteiger partial charge is 0.399 e. The van der Waals surface area contributed by atoms with Crippen LogP contribution in [0.3, 0.4) is 0 Å². The minimum absolute atomic E-state index is 0.295. The molecule has 18 heavy (non-hydrogen) atoms. The van der Waals surface area contributed by atoms with Crippen LogP contribution in [0.15, 0.2) is 24.5 Å². The summed E-state index contributed by atoms with van der Waals surface area (Å²) in [7, 11) is 1.76. The third-order valence-electron chi connectivity index (χ3n) is 3.42. The van der Waals surface area contributed by atoms with Crippen molar-refractivity contribution in [1.29, 1.82) is 0 Å². The summed E-state index contributed by atoms with van der Waals surface area (Å²) < 4.78 is 5.39. The summed E-state index contributed by atoms with van der Waals surface area (Å²) in [6, 6.07) is 5.75. The van der Waals surface area contributed by atoms with Gasteiger partial charge in [0.05, 0.1) is 11.6 Å². The van der Waals surface area contributed by atoms with E-state index in [0.717, 1.165) is 41.9 Å². The predicted molar refractivity (Wildman–Crippen MR) is 71.6 cm³/mol. The van der Waals surface area contributed by atoms with Crippen LogP contribution in [0.5, 0.6) is 0 Å². The third-order valence-corrected chi connectivity index (χ3v) is 3.42. The number of anilines is 2. The molecule has 1 saturated heterocycles. The predicted octanol–water partition coefficient (Wildman–Crippen LogP) is 1.44. The number of nitrogens with two attached hydrogens (primary N) is 1. The molecular formula is C13H16N4O. The van der Waals surface area contributed by atoms with Crippen LogP contribution in [0, 0.1) is 0 Å². The van der Waals surface area contributed by atoms with E-state index < -0.39 is 0 Å². The van der Waals surface area contributed by atoms with Gasteiger partial charge in [0.1, 0.15) is 12.1 Å². The molecule has 1 atom stereocenters. The Morgan fingerprint density at radius 1 is 1.39 bits per heavy atom. The Morgan fingerprint density at radius 3 is 3.06 bits per heavy atom. The van der Waals surface area contributed by atoms with Crippen molar-refractivity contribution < 1.29 is 4.74 Å². The lowest BCUT2D eigenvalue weighted by Crippen LogP contribution is -2.23. The van der Waals surface area contributed by atoms with Crippen LogP contribution in [-0.4, -0.2) is 36.3 Å². The van der Waals surface area contributed by atoms with Crippen molar-refractivity contribution in [2.75, 3.05) is 30.8 Å². The molecule has 0 saturated carbocycles. The van der Waals surface area contributed by atoms with Crippen LogP contribution in [0.1, 0.15) is 6.42 Å². The molecule has 0 spiro atoms. The maximum atomic E-state index is 5.78. The molecule has 0 bridgehead atoms. The van der Waals surface area contributed by atoms with Gasteiger partial charge in [-0.25, -0.2) is 9.97 Å². The number of hydrogen-bond acceptors (Lipinski definition) is 5. The van der Waals surface area contributed by atoms with E-state index in [-0.39, 0.29) is 0 Å². The standard InChI is InChI=1S/C13H16N4O/c1-18-10-4-5-17(7-10)13-11-3-2-9(14)6-12(11)15-8-16-13/h2-3,6,8,10H,4-5,7,14H2,1H3. The second-order valence-electron chi connectivity index (χ2n) is 4.57. The molecule has 1 aliphatic heterocycles. The molecule has 1 aliphatic rings. The topological polar surface area (TPSA) is 64.3 Å². The molecule has 0 aliphatic carbocycles. The van der Waals surface area contributed by atoms with E-state index >= 15 is 0 Å². The molecule has 2 heterocycles. The van der Waals surface area contributed by atoms with Crippen LogP contribution in [0.2, 0.25) is 0 Å². The van der Waals surface area contributed by atoms with Crippen molar-refractivity contribution in [1.82, 2.24) is 9.97 Å². The normalized spacial score (nSPS) is 19.6. The molecular weight excluding hydrogens is 228 g/mol. The Kier molecular flexibility index (Phi) is 2.76. The number of nitrogens with zero attached hydrogens (tertiary/aromatic N) is 3. The number of fused-ring (bicyclic) bond motifs is 1. The Hall–Kier alpha value is -1.88. The van der Waals surface area contributed by atoms with Gasteiger partial charge in [-0.05, 0) is 24.6 Å². The second-order valence-corrected chi connectivity index (χ2v) is 4.57. The highest BCUT2D eigenvalue weighted by Gasteiger charge is 2.24. The summed E-state index contributed by atoms with van der Waals surface area (Å²) in [5, 5.41) is 1.04. The van der Waals surface area contributed by atoms with Crippen molar-refractivity contribution in [3.63, 3.8) is 0 Å². The monoisotopic (exact) mass is 244 g/mol. The van der Waals surface area contributed by atoms with Crippen LogP contribution >= 0.6 is 0 Å². The van der Waals surface area contributed by atoms with Gasteiger partial charge in [0.2, 0.25) is 0 Å². The Labute approximate surface area is 106 Å². The van der Waals surface area contributed by atoms with Gasteiger partial charge in [-0.15, -0.1) is 0 Å². The molecule has 1 fully saturated rings. The molecule has 2 N–H and O–H groups in total. The van der Waals surface area contributed by atoms with Crippen molar-refractivity contribution in [2.45, 2.75) is 12.5 Å².